The van der Waals surface area contributed by atoms with Crippen LogP contribution in [0.3, 0.4) is 0 Å². The largest absolute Gasteiger partial charge is 0.344 e. The van der Waals surface area contributed by atoms with Crippen molar-refractivity contribution in [1.29, 1.82) is 0 Å². The monoisotopic (exact) mass is 400 g/mol. The summed E-state index contributed by atoms with van der Waals surface area (Å²) >= 11 is 1.42. The molecule has 1 aliphatic carbocycles. The highest BCUT2D eigenvalue weighted by molar-refractivity contribution is 7.22. The van der Waals surface area contributed by atoms with Crippen LogP contribution in [0.25, 0.3) is 10.2 Å². The lowest BCUT2D eigenvalue weighted by atomic mass is 9.84. The summed E-state index contributed by atoms with van der Waals surface area (Å²) in [7, 11) is 0. The molecule has 28 heavy (non-hydrogen) atoms. The lowest BCUT2D eigenvalue weighted by molar-refractivity contribution is -0.140. The van der Waals surface area contributed by atoms with Crippen molar-refractivity contribution in [1.82, 2.24) is 15.2 Å². The highest BCUT2D eigenvalue weighted by Crippen LogP contribution is 2.28. The number of nitrogens with zero attached hydrogens (tertiary/aromatic N) is 2. The predicted octanol–water partition coefficient (Wildman–Crippen LogP) is 2.53. The Bertz CT molecular complexity index is 875. The first kappa shape index (κ1) is 18.9. The van der Waals surface area contributed by atoms with E-state index in [0.29, 0.717) is 18.1 Å². The van der Waals surface area contributed by atoms with E-state index in [1.54, 1.807) is 11.8 Å². The Morgan fingerprint density at radius 3 is 2.64 bits per heavy atom. The van der Waals surface area contributed by atoms with Gasteiger partial charge >= 0.3 is 0 Å². The molecule has 0 bridgehead atoms. The van der Waals surface area contributed by atoms with E-state index in [2.05, 4.69) is 15.6 Å². The molecule has 4 rings (SSSR count). The summed E-state index contributed by atoms with van der Waals surface area (Å²) in [5, 5.41) is 6.21. The summed E-state index contributed by atoms with van der Waals surface area (Å²) in [5.74, 6) is -0.439. The minimum Gasteiger partial charge on any atom is -0.344 e. The van der Waals surface area contributed by atoms with Crippen LogP contribution in [0.4, 0.5) is 5.13 Å². The minimum absolute atomic E-state index is 0.0342. The van der Waals surface area contributed by atoms with Crippen molar-refractivity contribution in [2.24, 2.45) is 5.92 Å². The Hall–Kier alpha value is -2.48. The van der Waals surface area contributed by atoms with Crippen LogP contribution in [0.5, 0.6) is 0 Å². The summed E-state index contributed by atoms with van der Waals surface area (Å²) in [6, 6.07) is 6.55. The van der Waals surface area contributed by atoms with Gasteiger partial charge in [0, 0.05) is 12.5 Å². The van der Waals surface area contributed by atoms with Crippen molar-refractivity contribution in [2.45, 2.75) is 51.1 Å². The van der Waals surface area contributed by atoms with Crippen LogP contribution in [0.1, 0.15) is 39.0 Å². The van der Waals surface area contributed by atoms with Gasteiger partial charge in [-0.05, 0) is 44.7 Å². The maximum Gasteiger partial charge on any atom is 0.248 e. The average molecular weight is 401 g/mol. The van der Waals surface area contributed by atoms with Crippen LogP contribution in [0, 0.1) is 5.92 Å². The van der Waals surface area contributed by atoms with Gasteiger partial charge in [-0.3, -0.25) is 14.4 Å². The molecule has 1 saturated heterocycles. The van der Waals surface area contributed by atoms with Crippen LogP contribution < -0.4 is 10.6 Å². The summed E-state index contributed by atoms with van der Waals surface area (Å²) in [4.78, 5) is 43.8. The molecule has 8 heteroatoms. The number of hydrogen-bond acceptors (Lipinski definition) is 5. The zero-order valence-corrected chi connectivity index (χ0v) is 16.6. The maximum absolute atomic E-state index is 12.8. The van der Waals surface area contributed by atoms with Crippen LogP contribution in [-0.4, -0.2) is 46.2 Å². The molecule has 2 N–H and O–H groups in total. The first-order valence-corrected chi connectivity index (χ1v) is 10.6. The van der Waals surface area contributed by atoms with Gasteiger partial charge in [0.1, 0.15) is 12.1 Å². The molecule has 7 nitrogen and oxygen atoms in total. The number of nitrogens with one attached hydrogen (secondary N) is 2. The third kappa shape index (κ3) is 3.73. The molecule has 0 spiro atoms. The normalized spacial score (nSPS) is 20.6. The molecule has 1 saturated carbocycles. The Balaban J connectivity index is 1.39. The number of carbonyl (C=O) groups excluding carboxylic acids is 3. The molecule has 2 atom stereocenters. The van der Waals surface area contributed by atoms with Crippen molar-refractivity contribution in [3.8, 4) is 0 Å². The lowest BCUT2D eigenvalue weighted by Crippen LogP contribution is -2.52. The zero-order chi connectivity index (χ0) is 19.7. The van der Waals surface area contributed by atoms with Gasteiger partial charge in [0.2, 0.25) is 17.7 Å². The van der Waals surface area contributed by atoms with Crippen molar-refractivity contribution in [3.05, 3.63) is 24.3 Å². The fourth-order valence-electron chi connectivity index (χ4n) is 3.73. The molecule has 1 aromatic carbocycles. The third-order valence-electron chi connectivity index (χ3n) is 5.57. The number of hydrogen-bond donors (Lipinski definition) is 2. The Morgan fingerprint density at radius 2 is 1.93 bits per heavy atom. The molecule has 2 aliphatic rings. The number of aromatic nitrogens is 1. The van der Waals surface area contributed by atoms with E-state index in [-0.39, 0.29) is 23.6 Å². The number of thiazole rings is 1. The van der Waals surface area contributed by atoms with Gasteiger partial charge in [-0.15, -0.1) is 0 Å². The Labute approximate surface area is 167 Å². The van der Waals surface area contributed by atoms with Crippen LogP contribution in [0.15, 0.2) is 24.3 Å². The third-order valence-corrected chi connectivity index (χ3v) is 6.52. The number of amides is 3. The fourth-order valence-corrected chi connectivity index (χ4v) is 4.60. The van der Waals surface area contributed by atoms with E-state index in [9.17, 15) is 14.4 Å². The molecule has 1 aliphatic heterocycles. The molecule has 0 radical (unpaired) electrons. The van der Waals surface area contributed by atoms with Gasteiger partial charge in [-0.25, -0.2) is 4.98 Å². The molecule has 1 aromatic heterocycles. The summed E-state index contributed by atoms with van der Waals surface area (Å²) in [5.41, 5.74) is 0.842. The van der Waals surface area contributed by atoms with Gasteiger partial charge < -0.3 is 15.5 Å². The maximum atomic E-state index is 12.8. The van der Waals surface area contributed by atoms with Gasteiger partial charge in [-0.1, -0.05) is 29.9 Å². The number of fused-ring (bicyclic) bond motifs is 1. The molecule has 2 heterocycles. The first-order valence-electron chi connectivity index (χ1n) is 9.80. The Kier molecular flexibility index (Phi) is 5.30. The van der Waals surface area contributed by atoms with E-state index < -0.39 is 12.1 Å². The second-order valence-electron chi connectivity index (χ2n) is 7.52. The van der Waals surface area contributed by atoms with E-state index in [0.717, 1.165) is 35.9 Å². The first-order chi connectivity index (χ1) is 13.5. The number of likely N-dealkylation sites (tertiary alicyclic amines) is 1. The summed E-state index contributed by atoms with van der Waals surface area (Å²) < 4.78 is 1.00. The minimum atomic E-state index is -0.621. The molecule has 148 valence electrons. The van der Waals surface area contributed by atoms with E-state index >= 15 is 0 Å². The van der Waals surface area contributed by atoms with Gasteiger partial charge in [0.25, 0.3) is 0 Å². The predicted molar refractivity (Wildman–Crippen MR) is 108 cm³/mol. The summed E-state index contributed by atoms with van der Waals surface area (Å²) in [6.07, 6.45) is 4.24. The van der Waals surface area contributed by atoms with Crippen molar-refractivity contribution in [2.75, 3.05) is 11.9 Å². The van der Waals surface area contributed by atoms with Crippen molar-refractivity contribution in [3.63, 3.8) is 0 Å². The SMILES string of the molecule is CC(NC(=O)C1CCC1)C(=O)N1CCCC1C(=O)Nc1nc2ccccc2s1. The van der Waals surface area contributed by atoms with Gasteiger partial charge in [0.05, 0.1) is 10.2 Å². The second-order valence-corrected chi connectivity index (χ2v) is 8.55. The number of rotatable bonds is 5. The number of anilines is 1. The Morgan fingerprint density at radius 1 is 1.14 bits per heavy atom. The molecular formula is C20H24N4O3S. The lowest BCUT2D eigenvalue weighted by Gasteiger charge is -2.29. The number of para-hydroxylation sites is 1. The zero-order valence-electron chi connectivity index (χ0n) is 15.8. The van der Waals surface area contributed by atoms with Gasteiger partial charge in [0.15, 0.2) is 5.13 Å². The highest BCUT2D eigenvalue weighted by atomic mass is 32.1. The van der Waals surface area contributed by atoms with E-state index in [4.69, 9.17) is 0 Å². The quantitative estimate of drug-likeness (QED) is 0.807. The second kappa shape index (κ2) is 7.87. The molecule has 2 unspecified atom stereocenters. The molecule has 2 fully saturated rings. The average Bonchev–Trinajstić information content (AvgIpc) is 3.25. The summed E-state index contributed by atoms with van der Waals surface area (Å²) in [6.45, 7) is 2.22. The fraction of sp³-hybridized carbons (Fsp3) is 0.500. The molecular weight excluding hydrogens is 376 g/mol. The van der Waals surface area contributed by atoms with Crippen molar-refractivity contribution >= 4 is 44.4 Å². The number of carbonyl (C=O) groups is 3. The van der Waals surface area contributed by atoms with Crippen LogP contribution in [0.2, 0.25) is 0 Å². The van der Waals surface area contributed by atoms with E-state index in [1.165, 1.54) is 11.3 Å². The van der Waals surface area contributed by atoms with Crippen LogP contribution in [-0.2, 0) is 14.4 Å². The highest BCUT2D eigenvalue weighted by Gasteiger charge is 2.37. The topological polar surface area (TPSA) is 91.4 Å². The number of benzene rings is 1. The smallest absolute Gasteiger partial charge is 0.248 e. The molecule has 3 amide bonds. The van der Waals surface area contributed by atoms with Gasteiger partial charge in [-0.2, -0.15) is 0 Å². The van der Waals surface area contributed by atoms with Crippen molar-refractivity contribution < 1.29 is 14.4 Å². The van der Waals surface area contributed by atoms with E-state index in [1.807, 2.05) is 24.3 Å². The molecule has 2 aromatic rings. The van der Waals surface area contributed by atoms with Crippen LogP contribution >= 0.6 is 11.3 Å². The standard InChI is InChI=1S/C20H24N4O3S/c1-12(21-17(25)13-6-4-7-13)19(27)24-11-5-9-15(24)18(26)23-20-22-14-8-2-3-10-16(14)28-20/h2-3,8,10,12-13,15H,4-7,9,11H2,1H3,(H,21,25)(H,22,23,26).